The Balaban J connectivity index is 0.00000225. The summed E-state index contributed by atoms with van der Waals surface area (Å²) >= 11 is 0. The van der Waals surface area contributed by atoms with Crippen molar-refractivity contribution in [1.29, 1.82) is 0 Å². The van der Waals surface area contributed by atoms with Crippen LogP contribution in [0.25, 0.3) is 0 Å². The second-order valence-electron chi connectivity index (χ2n) is 6.03. The van der Waals surface area contributed by atoms with Gasteiger partial charge in [-0.3, -0.25) is 14.3 Å². The van der Waals surface area contributed by atoms with Crippen LogP contribution >= 0.6 is 12.4 Å². The van der Waals surface area contributed by atoms with E-state index in [1.165, 1.54) is 0 Å². The molecule has 0 aliphatic carbocycles. The van der Waals surface area contributed by atoms with E-state index in [1.54, 1.807) is 31.2 Å². The largest absolute Gasteiger partial charge is 0.366 e. The fourth-order valence-corrected chi connectivity index (χ4v) is 2.93. The summed E-state index contributed by atoms with van der Waals surface area (Å²) in [5.41, 5.74) is 7.43. The lowest BCUT2D eigenvalue weighted by Gasteiger charge is -2.22. The number of hydrogen-bond acceptors (Lipinski definition) is 4. The van der Waals surface area contributed by atoms with Gasteiger partial charge in [-0.25, -0.2) is 0 Å². The summed E-state index contributed by atoms with van der Waals surface area (Å²) in [6, 6.07) is 7.00. The van der Waals surface area contributed by atoms with E-state index >= 15 is 0 Å². The number of piperidine rings is 1. The van der Waals surface area contributed by atoms with E-state index in [0.29, 0.717) is 16.9 Å². The zero-order valence-corrected chi connectivity index (χ0v) is 14.8. The minimum Gasteiger partial charge on any atom is -0.366 e. The Kier molecular flexibility index (Phi) is 6.17. The zero-order chi connectivity index (χ0) is 17.1. The van der Waals surface area contributed by atoms with Crippen molar-refractivity contribution < 1.29 is 9.59 Å². The summed E-state index contributed by atoms with van der Waals surface area (Å²) in [6.07, 6.45) is 4.01. The smallest absolute Gasteiger partial charge is 0.276 e. The number of nitrogens with one attached hydrogen (secondary N) is 2. The van der Waals surface area contributed by atoms with Crippen LogP contribution in [0.5, 0.6) is 0 Å². The number of benzene rings is 1. The highest BCUT2D eigenvalue weighted by atomic mass is 35.5. The van der Waals surface area contributed by atoms with E-state index in [1.807, 2.05) is 10.9 Å². The van der Waals surface area contributed by atoms with Gasteiger partial charge in [-0.15, -0.1) is 12.4 Å². The number of anilines is 1. The molecule has 1 aromatic heterocycles. The van der Waals surface area contributed by atoms with Gasteiger partial charge in [0.1, 0.15) is 0 Å². The van der Waals surface area contributed by atoms with E-state index in [2.05, 4.69) is 15.7 Å². The molecule has 7 nitrogen and oxygen atoms in total. The Morgan fingerprint density at radius 1 is 1.36 bits per heavy atom. The second-order valence-corrected chi connectivity index (χ2v) is 6.03. The van der Waals surface area contributed by atoms with Gasteiger partial charge in [-0.2, -0.15) is 5.10 Å². The van der Waals surface area contributed by atoms with Crippen molar-refractivity contribution in [3.05, 3.63) is 47.3 Å². The molecular formula is C17H22ClN5O2. The van der Waals surface area contributed by atoms with Crippen molar-refractivity contribution >= 4 is 29.9 Å². The molecule has 25 heavy (non-hydrogen) atoms. The molecule has 0 saturated carbocycles. The number of rotatable bonds is 4. The van der Waals surface area contributed by atoms with Crippen LogP contribution in [0.1, 0.15) is 45.3 Å². The number of nitrogens with two attached hydrogens (primary N) is 1. The van der Waals surface area contributed by atoms with E-state index in [0.717, 1.165) is 31.5 Å². The lowest BCUT2D eigenvalue weighted by Crippen LogP contribution is -2.32. The Morgan fingerprint density at radius 2 is 2.16 bits per heavy atom. The molecule has 1 fully saturated rings. The van der Waals surface area contributed by atoms with Gasteiger partial charge < -0.3 is 16.4 Å². The summed E-state index contributed by atoms with van der Waals surface area (Å²) in [7, 11) is 0. The van der Waals surface area contributed by atoms with Crippen molar-refractivity contribution in [3.63, 3.8) is 0 Å². The number of aromatic nitrogens is 2. The first-order valence-electron chi connectivity index (χ1n) is 8.02. The van der Waals surface area contributed by atoms with Gasteiger partial charge in [0.05, 0.1) is 6.04 Å². The van der Waals surface area contributed by atoms with Crippen LogP contribution in [0.15, 0.2) is 30.5 Å². The van der Waals surface area contributed by atoms with Crippen molar-refractivity contribution in [2.75, 3.05) is 18.4 Å². The van der Waals surface area contributed by atoms with Crippen LogP contribution in [0.4, 0.5) is 5.69 Å². The molecule has 0 radical (unpaired) electrons. The lowest BCUT2D eigenvalue weighted by molar-refractivity contribution is 0.0997. The molecule has 1 aliphatic heterocycles. The molecule has 0 spiro atoms. The van der Waals surface area contributed by atoms with E-state index in [-0.39, 0.29) is 24.4 Å². The molecule has 134 valence electrons. The summed E-state index contributed by atoms with van der Waals surface area (Å²) < 4.78 is 1.85. The molecule has 1 aromatic carbocycles. The number of halogens is 1. The van der Waals surface area contributed by atoms with E-state index < -0.39 is 5.91 Å². The van der Waals surface area contributed by atoms with Gasteiger partial charge >= 0.3 is 0 Å². The van der Waals surface area contributed by atoms with Gasteiger partial charge in [-0.1, -0.05) is 0 Å². The predicted octanol–water partition coefficient (Wildman–Crippen LogP) is 1.89. The Hall–Kier alpha value is -2.38. The van der Waals surface area contributed by atoms with E-state index in [9.17, 15) is 9.59 Å². The highest BCUT2D eigenvalue weighted by Crippen LogP contribution is 2.18. The molecule has 8 heteroatoms. The average molecular weight is 364 g/mol. The van der Waals surface area contributed by atoms with E-state index in [4.69, 9.17) is 5.73 Å². The normalized spacial score (nSPS) is 16.8. The summed E-state index contributed by atoms with van der Waals surface area (Å²) in [5.74, 6) is -0.756. The molecular weight excluding hydrogens is 342 g/mol. The number of carbonyl (C=O) groups excluding carboxylic acids is 2. The van der Waals surface area contributed by atoms with Crippen molar-refractivity contribution in [1.82, 2.24) is 15.1 Å². The predicted molar refractivity (Wildman–Crippen MR) is 98.3 cm³/mol. The molecule has 2 aromatic rings. The summed E-state index contributed by atoms with van der Waals surface area (Å²) in [5, 5.41) is 10.5. The second kappa shape index (κ2) is 8.13. The van der Waals surface area contributed by atoms with Gasteiger partial charge in [0, 0.05) is 24.0 Å². The molecule has 1 atom stereocenters. The SMILES string of the molecule is Cc1cc(NC(=O)c2ccn(C3CCCNC3)n2)ccc1C(N)=O.Cl. The third-order valence-corrected chi connectivity index (χ3v) is 4.24. The number of aryl methyl sites for hydroxylation is 1. The Bertz CT molecular complexity index is 768. The highest BCUT2D eigenvalue weighted by Gasteiger charge is 2.18. The Morgan fingerprint density at radius 3 is 2.80 bits per heavy atom. The van der Waals surface area contributed by atoms with Crippen molar-refractivity contribution in [2.24, 2.45) is 5.73 Å². The monoisotopic (exact) mass is 363 g/mol. The Labute approximate surface area is 152 Å². The maximum absolute atomic E-state index is 12.3. The summed E-state index contributed by atoms with van der Waals surface area (Å²) in [4.78, 5) is 23.6. The quantitative estimate of drug-likeness (QED) is 0.771. The average Bonchev–Trinajstić information content (AvgIpc) is 3.05. The van der Waals surface area contributed by atoms with Crippen molar-refractivity contribution in [3.8, 4) is 0 Å². The fourth-order valence-electron chi connectivity index (χ4n) is 2.93. The lowest BCUT2D eigenvalue weighted by atomic mass is 10.1. The number of primary amides is 1. The molecule has 1 saturated heterocycles. The number of amides is 2. The standard InChI is InChI=1S/C17H21N5O2.ClH/c1-11-9-12(4-5-14(11)16(18)23)20-17(24)15-6-8-22(21-15)13-3-2-7-19-10-13;/h4-6,8-9,13,19H,2-3,7,10H2,1H3,(H2,18,23)(H,20,24);1H. The van der Waals surface area contributed by atoms with Crippen LogP contribution in [0, 0.1) is 6.92 Å². The molecule has 2 heterocycles. The van der Waals surface area contributed by atoms with Crippen LogP contribution in [-0.4, -0.2) is 34.7 Å². The number of hydrogen-bond donors (Lipinski definition) is 3. The van der Waals surface area contributed by atoms with Gasteiger partial charge in [0.2, 0.25) is 5.91 Å². The fraction of sp³-hybridized carbons (Fsp3) is 0.353. The topological polar surface area (TPSA) is 102 Å². The molecule has 3 rings (SSSR count). The van der Waals surface area contributed by atoms with Crippen LogP contribution in [0.2, 0.25) is 0 Å². The van der Waals surface area contributed by atoms with Crippen LogP contribution in [0.3, 0.4) is 0 Å². The third-order valence-electron chi connectivity index (χ3n) is 4.24. The minimum atomic E-state index is -0.481. The zero-order valence-electron chi connectivity index (χ0n) is 14.0. The van der Waals surface area contributed by atoms with Crippen molar-refractivity contribution in [2.45, 2.75) is 25.8 Å². The third kappa shape index (κ3) is 4.37. The molecule has 2 amide bonds. The highest BCUT2D eigenvalue weighted by molar-refractivity contribution is 6.03. The maximum atomic E-state index is 12.3. The molecule has 4 N–H and O–H groups in total. The van der Waals surface area contributed by atoms with Gasteiger partial charge in [0.25, 0.3) is 5.91 Å². The minimum absolute atomic E-state index is 0. The first-order chi connectivity index (χ1) is 11.5. The molecule has 0 bridgehead atoms. The maximum Gasteiger partial charge on any atom is 0.276 e. The van der Waals surface area contributed by atoms with Crippen LogP contribution < -0.4 is 16.4 Å². The first kappa shape index (κ1) is 19.0. The van der Waals surface area contributed by atoms with Gasteiger partial charge in [0.15, 0.2) is 5.69 Å². The molecule has 1 aliphatic rings. The van der Waals surface area contributed by atoms with Gasteiger partial charge in [-0.05, 0) is 56.1 Å². The van der Waals surface area contributed by atoms with Crippen LogP contribution in [-0.2, 0) is 0 Å². The number of carbonyl (C=O) groups is 2. The first-order valence-corrected chi connectivity index (χ1v) is 8.02. The summed E-state index contributed by atoms with van der Waals surface area (Å²) in [6.45, 7) is 3.68. The number of nitrogens with zero attached hydrogens (tertiary/aromatic N) is 2. The molecule has 1 unspecified atom stereocenters.